The highest BCUT2D eigenvalue weighted by molar-refractivity contribution is 5.86. The third-order valence-corrected chi connectivity index (χ3v) is 4.69. The molecule has 1 aliphatic rings. The fraction of sp³-hybridized carbons (Fsp3) is 0.375. The molecule has 1 aromatic carbocycles. The van der Waals surface area contributed by atoms with E-state index in [-0.39, 0.29) is 17.1 Å². The van der Waals surface area contributed by atoms with Gasteiger partial charge in [0.15, 0.2) is 0 Å². The first-order valence-electron chi connectivity index (χ1n) is 8.18. The van der Waals surface area contributed by atoms with E-state index in [0.29, 0.717) is 42.0 Å². The first kappa shape index (κ1) is 18.3. The molecule has 140 valence electrons. The standard InChI is InChI=1S/C16H18FN5O3.ClH/c1-2-20-12-8-11(19-5-3-18-4-6-19)10(17)7-13(12)21-14(20)9-15(23)22(25)16(21)24;/h7-9,18,25H,2-6H2,1H3;1H. The van der Waals surface area contributed by atoms with Crippen molar-refractivity contribution in [2.75, 3.05) is 31.1 Å². The van der Waals surface area contributed by atoms with Crippen LogP contribution in [0.3, 0.4) is 0 Å². The van der Waals surface area contributed by atoms with Crippen molar-refractivity contribution >= 4 is 34.8 Å². The lowest BCUT2D eigenvalue weighted by molar-refractivity contribution is 0.159. The van der Waals surface area contributed by atoms with Gasteiger partial charge in [-0.15, -0.1) is 12.4 Å². The summed E-state index contributed by atoms with van der Waals surface area (Å²) in [6, 6.07) is 4.17. The number of piperazine rings is 1. The van der Waals surface area contributed by atoms with Crippen LogP contribution in [0.1, 0.15) is 6.92 Å². The molecule has 8 nitrogen and oxygen atoms in total. The Kier molecular flexibility index (Phi) is 4.68. The van der Waals surface area contributed by atoms with Crippen molar-refractivity contribution in [3.05, 3.63) is 44.9 Å². The number of anilines is 1. The molecule has 2 aromatic heterocycles. The number of aromatic nitrogens is 3. The van der Waals surface area contributed by atoms with E-state index >= 15 is 0 Å². The first-order chi connectivity index (χ1) is 12.0. The van der Waals surface area contributed by atoms with E-state index in [0.717, 1.165) is 17.5 Å². The van der Waals surface area contributed by atoms with Crippen molar-refractivity contribution in [1.82, 2.24) is 19.0 Å². The summed E-state index contributed by atoms with van der Waals surface area (Å²) in [5.41, 5.74) is 0.0360. The van der Waals surface area contributed by atoms with E-state index in [1.165, 1.54) is 12.1 Å². The summed E-state index contributed by atoms with van der Waals surface area (Å²) in [4.78, 5) is 26.0. The van der Waals surface area contributed by atoms with Crippen LogP contribution in [0.5, 0.6) is 0 Å². The Labute approximate surface area is 153 Å². The van der Waals surface area contributed by atoms with Crippen LogP contribution in [-0.4, -0.2) is 45.1 Å². The van der Waals surface area contributed by atoms with Crippen LogP contribution in [0.25, 0.3) is 16.7 Å². The number of hydrogen-bond donors (Lipinski definition) is 2. The minimum absolute atomic E-state index is 0. The number of aryl methyl sites for hydroxylation is 1. The van der Waals surface area contributed by atoms with Gasteiger partial charge in [0.1, 0.15) is 11.5 Å². The van der Waals surface area contributed by atoms with Gasteiger partial charge in [-0.1, -0.05) is 4.73 Å². The predicted octanol–water partition coefficient (Wildman–Crippen LogP) is 0.644. The van der Waals surface area contributed by atoms with Crippen molar-refractivity contribution < 1.29 is 9.60 Å². The minimum Gasteiger partial charge on any atom is -0.421 e. The highest BCUT2D eigenvalue weighted by atomic mass is 35.5. The van der Waals surface area contributed by atoms with E-state index in [2.05, 4.69) is 5.32 Å². The molecule has 0 spiro atoms. The fourth-order valence-electron chi connectivity index (χ4n) is 3.49. The van der Waals surface area contributed by atoms with E-state index in [9.17, 15) is 19.2 Å². The Hall–Kier alpha value is -2.52. The zero-order valence-corrected chi connectivity index (χ0v) is 14.9. The van der Waals surface area contributed by atoms with E-state index in [4.69, 9.17) is 0 Å². The zero-order valence-electron chi connectivity index (χ0n) is 14.1. The summed E-state index contributed by atoms with van der Waals surface area (Å²) in [6.45, 7) is 5.30. The van der Waals surface area contributed by atoms with Crippen LogP contribution in [0.2, 0.25) is 0 Å². The molecule has 0 amide bonds. The maximum Gasteiger partial charge on any atom is 0.370 e. The number of fused-ring (bicyclic) bond motifs is 3. The van der Waals surface area contributed by atoms with Crippen LogP contribution in [-0.2, 0) is 6.54 Å². The van der Waals surface area contributed by atoms with Gasteiger partial charge < -0.3 is 20.0 Å². The molecule has 26 heavy (non-hydrogen) atoms. The van der Waals surface area contributed by atoms with Crippen molar-refractivity contribution in [3.63, 3.8) is 0 Å². The number of benzene rings is 1. The SMILES string of the molecule is CCn1c2cc(N3CCNCC3)c(F)cc2n2c(=O)n(O)c(=O)cc12.Cl. The molecule has 1 fully saturated rings. The van der Waals surface area contributed by atoms with Gasteiger partial charge in [0.05, 0.1) is 16.7 Å². The number of rotatable bonds is 2. The molecule has 0 saturated carbocycles. The lowest BCUT2D eigenvalue weighted by Gasteiger charge is -2.29. The van der Waals surface area contributed by atoms with Crippen molar-refractivity contribution in [1.29, 1.82) is 0 Å². The highest BCUT2D eigenvalue weighted by Crippen LogP contribution is 2.28. The number of halogens is 2. The zero-order chi connectivity index (χ0) is 17.7. The van der Waals surface area contributed by atoms with Gasteiger partial charge in [0, 0.05) is 44.9 Å². The van der Waals surface area contributed by atoms with E-state index < -0.39 is 17.1 Å². The molecule has 0 atom stereocenters. The second kappa shape index (κ2) is 6.65. The van der Waals surface area contributed by atoms with Gasteiger partial charge in [0.25, 0.3) is 5.56 Å². The molecule has 1 saturated heterocycles. The van der Waals surface area contributed by atoms with Gasteiger partial charge in [0.2, 0.25) is 0 Å². The van der Waals surface area contributed by atoms with Crippen LogP contribution in [0.15, 0.2) is 27.8 Å². The average molecular weight is 384 g/mol. The summed E-state index contributed by atoms with van der Waals surface area (Å²) < 4.78 is 17.7. The summed E-state index contributed by atoms with van der Waals surface area (Å²) in [5.74, 6) is -0.438. The molecular weight excluding hydrogens is 365 g/mol. The Bertz CT molecular complexity index is 1100. The average Bonchev–Trinajstić information content (AvgIpc) is 2.92. The Balaban J connectivity index is 0.00000196. The van der Waals surface area contributed by atoms with Gasteiger partial charge in [-0.2, -0.15) is 0 Å². The normalized spacial score (nSPS) is 14.8. The lowest BCUT2D eigenvalue weighted by atomic mass is 10.2. The Morgan fingerprint density at radius 1 is 1.15 bits per heavy atom. The Morgan fingerprint density at radius 3 is 2.50 bits per heavy atom. The van der Waals surface area contributed by atoms with Crippen LogP contribution in [0, 0.1) is 5.82 Å². The van der Waals surface area contributed by atoms with Crippen LogP contribution < -0.4 is 21.5 Å². The number of imidazole rings is 1. The minimum atomic E-state index is -0.908. The number of nitrogens with one attached hydrogen (secondary N) is 1. The topological polar surface area (TPSA) is 83.9 Å². The molecular formula is C16H19ClFN5O3. The first-order valence-corrected chi connectivity index (χ1v) is 8.18. The molecule has 4 rings (SSSR count). The van der Waals surface area contributed by atoms with E-state index in [1.54, 1.807) is 10.6 Å². The number of hydrogen-bond acceptors (Lipinski definition) is 5. The second-order valence-electron chi connectivity index (χ2n) is 6.04. The lowest BCUT2D eigenvalue weighted by Crippen LogP contribution is -2.43. The quantitative estimate of drug-likeness (QED) is 0.635. The summed E-state index contributed by atoms with van der Waals surface area (Å²) in [5, 5.41) is 12.9. The molecule has 10 heteroatoms. The van der Waals surface area contributed by atoms with Crippen LogP contribution in [0.4, 0.5) is 10.1 Å². The monoisotopic (exact) mass is 383 g/mol. The second-order valence-corrected chi connectivity index (χ2v) is 6.04. The molecule has 0 unspecified atom stereocenters. The summed E-state index contributed by atoms with van der Waals surface area (Å²) in [6.07, 6.45) is 0. The molecule has 3 heterocycles. The third-order valence-electron chi connectivity index (χ3n) is 4.69. The summed E-state index contributed by atoms with van der Waals surface area (Å²) >= 11 is 0. The smallest absolute Gasteiger partial charge is 0.370 e. The van der Waals surface area contributed by atoms with E-state index in [1.807, 2.05) is 11.8 Å². The van der Waals surface area contributed by atoms with Crippen molar-refractivity contribution in [2.24, 2.45) is 0 Å². The van der Waals surface area contributed by atoms with Crippen molar-refractivity contribution in [2.45, 2.75) is 13.5 Å². The predicted molar refractivity (Wildman–Crippen MR) is 98.6 cm³/mol. The summed E-state index contributed by atoms with van der Waals surface area (Å²) in [7, 11) is 0. The highest BCUT2D eigenvalue weighted by Gasteiger charge is 2.20. The maximum absolute atomic E-state index is 14.7. The molecule has 0 aliphatic carbocycles. The van der Waals surface area contributed by atoms with Crippen molar-refractivity contribution in [3.8, 4) is 0 Å². The third kappa shape index (κ3) is 2.55. The molecule has 1 aliphatic heterocycles. The van der Waals surface area contributed by atoms with Gasteiger partial charge in [-0.25, -0.2) is 13.6 Å². The number of nitrogens with zero attached hydrogens (tertiary/aromatic N) is 4. The fourth-order valence-corrected chi connectivity index (χ4v) is 3.49. The Morgan fingerprint density at radius 2 is 1.85 bits per heavy atom. The maximum atomic E-state index is 14.7. The van der Waals surface area contributed by atoms with Gasteiger partial charge >= 0.3 is 5.69 Å². The van der Waals surface area contributed by atoms with Gasteiger partial charge in [-0.3, -0.25) is 4.79 Å². The van der Waals surface area contributed by atoms with Crippen LogP contribution >= 0.6 is 12.4 Å². The molecule has 2 N–H and O–H groups in total. The van der Waals surface area contributed by atoms with Gasteiger partial charge in [-0.05, 0) is 13.0 Å². The molecule has 0 radical (unpaired) electrons. The molecule has 0 bridgehead atoms. The largest absolute Gasteiger partial charge is 0.421 e. The molecule has 3 aromatic rings.